The van der Waals surface area contributed by atoms with Crippen LogP contribution in [0.5, 0.6) is 0 Å². The van der Waals surface area contributed by atoms with E-state index in [1.54, 1.807) is 0 Å². The van der Waals surface area contributed by atoms with E-state index >= 15 is 0 Å². The van der Waals surface area contributed by atoms with Gasteiger partial charge in [0, 0.05) is 11.6 Å². The van der Waals surface area contributed by atoms with Gasteiger partial charge in [0.1, 0.15) is 0 Å². The molecule has 0 aromatic heterocycles. The number of carbonyl (C=O) groups excluding carboxylic acids is 1. The van der Waals surface area contributed by atoms with E-state index in [9.17, 15) is 4.79 Å². The summed E-state index contributed by atoms with van der Waals surface area (Å²) in [6.45, 7) is 6.82. The molecule has 0 bridgehead atoms. The van der Waals surface area contributed by atoms with E-state index in [4.69, 9.17) is 0 Å². The zero-order valence-electron chi connectivity index (χ0n) is 10.5. The Balaban J connectivity index is 1.92. The Morgan fingerprint density at radius 3 is 2.69 bits per heavy atom. The van der Waals surface area contributed by atoms with Gasteiger partial charge in [0.05, 0.1) is 0 Å². The SMILES string of the molecule is CC1C/C(=N\NC(=O)C2CC2)CC(C)(C)C1. The molecular weight excluding hydrogens is 200 g/mol. The fourth-order valence-electron chi connectivity index (χ4n) is 2.77. The predicted molar refractivity (Wildman–Crippen MR) is 65.1 cm³/mol. The third-order valence-corrected chi connectivity index (χ3v) is 3.44. The molecular formula is C13H22N2O. The number of rotatable bonds is 2. The van der Waals surface area contributed by atoms with Gasteiger partial charge in [-0.25, -0.2) is 5.43 Å². The lowest BCUT2D eigenvalue weighted by Crippen LogP contribution is -2.30. The first kappa shape index (κ1) is 11.6. The molecule has 0 radical (unpaired) electrons. The highest BCUT2D eigenvalue weighted by Crippen LogP contribution is 2.37. The van der Waals surface area contributed by atoms with Gasteiger partial charge < -0.3 is 0 Å². The van der Waals surface area contributed by atoms with Gasteiger partial charge in [0.15, 0.2) is 0 Å². The van der Waals surface area contributed by atoms with Crippen LogP contribution in [0.4, 0.5) is 0 Å². The van der Waals surface area contributed by atoms with Crippen LogP contribution in [0.3, 0.4) is 0 Å². The molecule has 2 aliphatic rings. The molecule has 2 saturated carbocycles. The maximum atomic E-state index is 11.5. The Bertz CT molecular complexity index is 316. The van der Waals surface area contributed by atoms with Gasteiger partial charge in [-0.05, 0) is 43.4 Å². The second-order valence-corrected chi connectivity index (χ2v) is 6.28. The molecule has 0 heterocycles. The van der Waals surface area contributed by atoms with Crippen LogP contribution in [-0.2, 0) is 4.79 Å². The van der Waals surface area contributed by atoms with Crippen molar-refractivity contribution in [2.75, 3.05) is 0 Å². The maximum Gasteiger partial charge on any atom is 0.243 e. The second-order valence-electron chi connectivity index (χ2n) is 6.28. The minimum absolute atomic E-state index is 0.114. The number of nitrogens with zero attached hydrogens (tertiary/aromatic N) is 1. The highest BCUT2D eigenvalue weighted by Gasteiger charge is 2.31. The molecule has 1 amide bonds. The summed E-state index contributed by atoms with van der Waals surface area (Å²) in [6, 6.07) is 0. The van der Waals surface area contributed by atoms with E-state index in [-0.39, 0.29) is 11.8 Å². The predicted octanol–water partition coefficient (Wildman–Crippen LogP) is 2.71. The fourth-order valence-corrected chi connectivity index (χ4v) is 2.77. The van der Waals surface area contributed by atoms with Crippen LogP contribution < -0.4 is 5.43 Å². The summed E-state index contributed by atoms with van der Waals surface area (Å²) in [5.41, 5.74) is 4.22. The number of nitrogens with one attached hydrogen (secondary N) is 1. The van der Waals surface area contributed by atoms with Crippen LogP contribution in [-0.4, -0.2) is 11.6 Å². The van der Waals surface area contributed by atoms with Crippen molar-refractivity contribution < 1.29 is 4.79 Å². The van der Waals surface area contributed by atoms with Crippen LogP contribution in [0.1, 0.15) is 52.9 Å². The first-order chi connectivity index (χ1) is 7.46. The van der Waals surface area contributed by atoms with E-state index in [0.29, 0.717) is 11.3 Å². The van der Waals surface area contributed by atoms with Gasteiger partial charge in [0.25, 0.3) is 0 Å². The number of amides is 1. The molecule has 0 aromatic rings. The maximum absolute atomic E-state index is 11.5. The van der Waals surface area contributed by atoms with Gasteiger partial charge in [-0.3, -0.25) is 4.79 Å². The molecule has 1 unspecified atom stereocenters. The van der Waals surface area contributed by atoms with Crippen molar-refractivity contribution >= 4 is 11.6 Å². The molecule has 0 saturated heterocycles. The molecule has 16 heavy (non-hydrogen) atoms. The highest BCUT2D eigenvalue weighted by atomic mass is 16.2. The van der Waals surface area contributed by atoms with Crippen molar-refractivity contribution in [3.8, 4) is 0 Å². The fraction of sp³-hybridized carbons (Fsp3) is 0.846. The van der Waals surface area contributed by atoms with Crippen LogP contribution in [0.2, 0.25) is 0 Å². The van der Waals surface area contributed by atoms with Crippen LogP contribution in [0.15, 0.2) is 5.10 Å². The molecule has 2 rings (SSSR count). The Labute approximate surface area is 97.7 Å². The number of hydrogen-bond acceptors (Lipinski definition) is 2. The van der Waals surface area contributed by atoms with E-state index in [0.717, 1.165) is 31.4 Å². The Kier molecular flexibility index (Phi) is 3.04. The van der Waals surface area contributed by atoms with Crippen molar-refractivity contribution in [1.82, 2.24) is 5.43 Å². The summed E-state index contributed by atoms with van der Waals surface area (Å²) < 4.78 is 0. The standard InChI is InChI=1S/C13H22N2O/c1-9-6-11(8-13(2,3)7-9)14-15-12(16)10-4-5-10/h9-10H,4-8H2,1-3H3,(H,15,16)/b14-11+. The quantitative estimate of drug-likeness (QED) is 0.717. The average molecular weight is 222 g/mol. The summed E-state index contributed by atoms with van der Waals surface area (Å²) in [5.74, 6) is 1.04. The smallest absolute Gasteiger partial charge is 0.243 e. The van der Waals surface area contributed by atoms with Crippen LogP contribution in [0.25, 0.3) is 0 Å². The lowest BCUT2D eigenvalue weighted by molar-refractivity contribution is -0.122. The molecule has 3 heteroatoms. The normalized spacial score (nSPS) is 31.4. The summed E-state index contributed by atoms with van der Waals surface area (Å²) in [7, 11) is 0. The molecule has 2 aliphatic carbocycles. The first-order valence-electron chi connectivity index (χ1n) is 6.31. The van der Waals surface area contributed by atoms with Gasteiger partial charge in [-0.2, -0.15) is 5.10 Å². The summed E-state index contributed by atoms with van der Waals surface area (Å²) in [4.78, 5) is 11.5. The summed E-state index contributed by atoms with van der Waals surface area (Å²) >= 11 is 0. The Morgan fingerprint density at radius 1 is 1.44 bits per heavy atom. The van der Waals surface area contributed by atoms with Crippen LogP contribution >= 0.6 is 0 Å². The molecule has 0 aliphatic heterocycles. The average Bonchev–Trinajstić information content (AvgIpc) is 2.93. The van der Waals surface area contributed by atoms with Crippen molar-refractivity contribution in [3.05, 3.63) is 0 Å². The lowest BCUT2D eigenvalue weighted by atomic mass is 9.72. The van der Waals surface area contributed by atoms with E-state index in [2.05, 4.69) is 31.3 Å². The molecule has 0 spiro atoms. The van der Waals surface area contributed by atoms with Gasteiger partial charge >= 0.3 is 0 Å². The van der Waals surface area contributed by atoms with Crippen LogP contribution in [0, 0.1) is 17.3 Å². The number of hydrogen-bond donors (Lipinski definition) is 1. The third-order valence-electron chi connectivity index (χ3n) is 3.44. The largest absolute Gasteiger partial charge is 0.273 e. The molecule has 1 atom stereocenters. The van der Waals surface area contributed by atoms with E-state index in [1.165, 1.54) is 6.42 Å². The summed E-state index contributed by atoms with van der Waals surface area (Å²) in [5, 5.41) is 4.31. The van der Waals surface area contributed by atoms with Gasteiger partial charge in [-0.1, -0.05) is 20.8 Å². The van der Waals surface area contributed by atoms with Crippen molar-refractivity contribution in [3.63, 3.8) is 0 Å². The molecule has 0 aromatic carbocycles. The third kappa shape index (κ3) is 3.06. The van der Waals surface area contributed by atoms with Gasteiger partial charge in [0.2, 0.25) is 5.91 Å². The molecule has 2 fully saturated rings. The molecule has 3 nitrogen and oxygen atoms in total. The van der Waals surface area contributed by atoms with E-state index < -0.39 is 0 Å². The topological polar surface area (TPSA) is 41.5 Å². The monoisotopic (exact) mass is 222 g/mol. The number of carbonyl (C=O) groups is 1. The van der Waals surface area contributed by atoms with Crippen molar-refractivity contribution in [1.29, 1.82) is 0 Å². The first-order valence-corrected chi connectivity index (χ1v) is 6.31. The zero-order valence-corrected chi connectivity index (χ0v) is 10.5. The Hall–Kier alpha value is -0.860. The second kappa shape index (κ2) is 4.19. The highest BCUT2D eigenvalue weighted by molar-refractivity contribution is 5.88. The van der Waals surface area contributed by atoms with Crippen molar-refractivity contribution in [2.45, 2.75) is 52.9 Å². The van der Waals surface area contributed by atoms with E-state index in [1.807, 2.05) is 0 Å². The minimum atomic E-state index is 0.114. The minimum Gasteiger partial charge on any atom is -0.273 e. The lowest BCUT2D eigenvalue weighted by Gasteiger charge is -2.34. The molecule has 90 valence electrons. The Morgan fingerprint density at radius 2 is 2.12 bits per heavy atom. The van der Waals surface area contributed by atoms with Crippen molar-refractivity contribution in [2.24, 2.45) is 22.4 Å². The molecule has 1 N–H and O–H groups in total. The summed E-state index contributed by atoms with van der Waals surface area (Å²) in [6.07, 6.45) is 5.39. The van der Waals surface area contributed by atoms with Gasteiger partial charge in [-0.15, -0.1) is 0 Å². The zero-order chi connectivity index (χ0) is 11.8. The number of hydrazone groups is 1.